The first-order chi connectivity index (χ1) is 6.65. The minimum Gasteiger partial charge on any atom is -0.258 e. The molecule has 0 saturated carbocycles. The molecule has 0 saturated heterocycles. The number of nitrogens with zero attached hydrogens (tertiary/aromatic N) is 1. The monoisotopic (exact) mass is 257 g/mol. The minimum atomic E-state index is -0.316. The summed E-state index contributed by atoms with van der Waals surface area (Å²) < 4.78 is 0. The lowest BCUT2D eigenvalue weighted by atomic mass is 10.1. The first-order valence-electron chi connectivity index (χ1n) is 4.45. The number of benzene rings is 1. The maximum atomic E-state index is 10.7. The third-order valence-corrected chi connectivity index (χ3v) is 2.57. The van der Waals surface area contributed by atoms with Gasteiger partial charge >= 0.3 is 0 Å². The summed E-state index contributed by atoms with van der Waals surface area (Å²) in [5, 5.41) is 11.6. The first-order valence-corrected chi connectivity index (χ1v) is 5.57. The molecule has 0 aliphatic rings. The molecule has 0 unspecified atom stereocenters. The van der Waals surface area contributed by atoms with Gasteiger partial charge in [-0.15, -0.1) is 0 Å². The van der Waals surface area contributed by atoms with Crippen LogP contribution >= 0.6 is 15.9 Å². The van der Waals surface area contributed by atoms with Crippen LogP contribution < -0.4 is 0 Å². The largest absolute Gasteiger partial charge is 0.272 e. The van der Waals surface area contributed by atoms with Gasteiger partial charge in [-0.3, -0.25) is 10.1 Å². The number of aryl methyl sites for hydroxylation is 2. The number of nitro groups is 1. The summed E-state index contributed by atoms with van der Waals surface area (Å²) in [5.41, 5.74) is 2.13. The molecule has 3 nitrogen and oxygen atoms in total. The van der Waals surface area contributed by atoms with Gasteiger partial charge in [0.1, 0.15) is 0 Å². The third-order valence-electron chi connectivity index (χ3n) is 2.01. The molecule has 0 aliphatic carbocycles. The van der Waals surface area contributed by atoms with Crippen molar-refractivity contribution in [1.82, 2.24) is 0 Å². The molecular formula is C10H12BrNO2. The zero-order chi connectivity index (χ0) is 10.6. The Morgan fingerprint density at radius 1 is 1.50 bits per heavy atom. The third kappa shape index (κ3) is 2.80. The molecule has 4 heteroatoms. The number of nitro benzene ring substituents is 1. The van der Waals surface area contributed by atoms with Gasteiger partial charge in [-0.1, -0.05) is 27.6 Å². The van der Waals surface area contributed by atoms with Gasteiger partial charge in [0.05, 0.1) is 4.92 Å². The highest BCUT2D eigenvalue weighted by Crippen LogP contribution is 2.21. The van der Waals surface area contributed by atoms with Crippen molar-refractivity contribution in [2.75, 3.05) is 5.33 Å². The van der Waals surface area contributed by atoms with Gasteiger partial charge in [-0.25, -0.2) is 0 Å². The van der Waals surface area contributed by atoms with Gasteiger partial charge in [-0.2, -0.15) is 0 Å². The van der Waals surface area contributed by atoms with E-state index >= 15 is 0 Å². The minimum absolute atomic E-state index is 0.233. The summed E-state index contributed by atoms with van der Waals surface area (Å²) in [7, 11) is 0. The second kappa shape index (κ2) is 5.10. The maximum absolute atomic E-state index is 10.7. The van der Waals surface area contributed by atoms with Gasteiger partial charge in [0.25, 0.3) is 5.69 Å². The number of alkyl halides is 1. The predicted octanol–water partition coefficient (Wildman–Crippen LogP) is 3.23. The van der Waals surface area contributed by atoms with Crippen LogP contribution in [0.25, 0.3) is 0 Å². The van der Waals surface area contributed by atoms with E-state index in [1.54, 1.807) is 12.1 Å². The van der Waals surface area contributed by atoms with Gasteiger partial charge < -0.3 is 0 Å². The Morgan fingerprint density at radius 2 is 2.21 bits per heavy atom. The number of rotatable bonds is 4. The highest BCUT2D eigenvalue weighted by molar-refractivity contribution is 9.09. The molecule has 76 valence electrons. The van der Waals surface area contributed by atoms with Crippen LogP contribution in [0.4, 0.5) is 5.69 Å². The van der Waals surface area contributed by atoms with E-state index in [0.717, 1.165) is 29.3 Å². The van der Waals surface area contributed by atoms with Crippen molar-refractivity contribution in [3.05, 3.63) is 39.4 Å². The normalized spacial score (nSPS) is 10.1. The Hall–Kier alpha value is -0.900. The smallest absolute Gasteiger partial charge is 0.258 e. The van der Waals surface area contributed by atoms with Gasteiger partial charge in [0.2, 0.25) is 0 Å². The molecule has 0 heterocycles. The second-order valence-electron chi connectivity index (χ2n) is 3.18. The van der Waals surface area contributed by atoms with Gasteiger partial charge in [-0.05, 0) is 25.8 Å². The molecule has 0 radical (unpaired) electrons. The highest BCUT2D eigenvalue weighted by atomic mass is 79.9. The quantitative estimate of drug-likeness (QED) is 0.472. The van der Waals surface area contributed by atoms with Crippen LogP contribution in [0.2, 0.25) is 0 Å². The fourth-order valence-electron chi connectivity index (χ4n) is 1.35. The van der Waals surface area contributed by atoms with Gasteiger partial charge in [0.15, 0.2) is 0 Å². The average Bonchev–Trinajstić information content (AvgIpc) is 2.14. The molecule has 0 aliphatic heterocycles. The lowest BCUT2D eigenvalue weighted by Crippen LogP contribution is -1.96. The summed E-state index contributed by atoms with van der Waals surface area (Å²) in [6.07, 6.45) is 1.67. The lowest BCUT2D eigenvalue weighted by molar-refractivity contribution is -0.385. The van der Waals surface area contributed by atoms with E-state index in [1.807, 2.05) is 13.0 Å². The summed E-state index contributed by atoms with van der Waals surface area (Å²) in [6, 6.07) is 5.25. The number of halogens is 1. The lowest BCUT2D eigenvalue weighted by Gasteiger charge is -2.02. The van der Waals surface area contributed by atoms with Crippen molar-refractivity contribution >= 4 is 21.6 Å². The van der Waals surface area contributed by atoms with Crippen LogP contribution in [-0.2, 0) is 6.42 Å². The zero-order valence-corrected chi connectivity index (χ0v) is 9.58. The average molecular weight is 258 g/mol. The molecule has 0 bridgehead atoms. The maximum Gasteiger partial charge on any atom is 0.272 e. The number of hydrogen-bond acceptors (Lipinski definition) is 2. The Morgan fingerprint density at radius 3 is 2.79 bits per heavy atom. The molecule has 1 aromatic carbocycles. The van der Waals surface area contributed by atoms with Crippen molar-refractivity contribution < 1.29 is 4.92 Å². The van der Waals surface area contributed by atoms with E-state index in [2.05, 4.69) is 15.9 Å². The molecule has 0 amide bonds. The molecule has 1 rings (SSSR count). The van der Waals surface area contributed by atoms with Crippen molar-refractivity contribution in [2.45, 2.75) is 19.8 Å². The standard InChI is InChI=1S/C10H12BrNO2/c1-8-4-5-10(12(13)14)9(7-8)3-2-6-11/h4-5,7H,2-3,6H2,1H3. The molecule has 1 aromatic rings. The molecule has 0 spiro atoms. The summed E-state index contributed by atoms with van der Waals surface area (Å²) in [4.78, 5) is 10.4. The Bertz CT molecular complexity index is 339. The van der Waals surface area contributed by atoms with E-state index in [9.17, 15) is 10.1 Å². The topological polar surface area (TPSA) is 43.1 Å². The SMILES string of the molecule is Cc1ccc([N+](=O)[O-])c(CCCBr)c1. The molecule has 0 fully saturated rings. The van der Waals surface area contributed by atoms with Crippen LogP contribution in [0.15, 0.2) is 18.2 Å². The van der Waals surface area contributed by atoms with E-state index in [4.69, 9.17) is 0 Å². The van der Waals surface area contributed by atoms with Crippen molar-refractivity contribution in [3.8, 4) is 0 Å². The van der Waals surface area contributed by atoms with E-state index < -0.39 is 0 Å². The summed E-state index contributed by atoms with van der Waals surface area (Å²) >= 11 is 3.32. The van der Waals surface area contributed by atoms with Crippen LogP contribution in [0.1, 0.15) is 17.5 Å². The fourth-order valence-corrected chi connectivity index (χ4v) is 1.63. The number of hydrogen-bond donors (Lipinski definition) is 0. The Balaban J connectivity index is 2.97. The van der Waals surface area contributed by atoms with Crippen LogP contribution in [0.3, 0.4) is 0 Å². The highest BCUT2D eigenvalue weighted by Gasteiger charge is 2.12. The second-order valence-corrected chi connectivity index (χ2v) is 3.97. The van der Waals surface area contributed by atoms with Crippen molar-refractivity contribution in [1.29, 1.82) is 0 Å². The zero-order valence-electron chi connectivity index (χ0n) is 8.00. The fraction of sp³-hybridized carbons (Fsp3) is 0.400. The Kier molecular flexibility index (Phi) is 4.07. The van der Waals surface area contributed by atoms with Crippen LogP contribution in [-0.4, -0.2) is 10.3 Å². The van der Waals surface area contributed by atoms with Crippen molar-refractivity contribution in [3.63, 3.8) is 0 Å². The summed E-state index contributed by atoms with van der Waals surface area (Å²) in [5.74, 6) is 0. The van der Waals surface area contributed by atoms with Crippen LogP contribution in [0.5, 0.6) is 0 Å². The molecule has 14 heavy (non-hydrogen) atoms. The Labute approximate surface area is 91.4 Å². The van der Waals surface area contributed by atoms with Gasteiger partial charge in [0, 0.05) is 17.0 Å². The first kappa shape index (κ1) is 11.2. The van der Waals surface area contributed by atoms with E-state index in [1.165, 1.54) is 0 Å². The molecule has 0 atom stereocenters. The van der Waals surface area contributed by atoms with E-state index in [-0.39, 0.29) is 10.6 Å². The van der Waals surface area contributed by atoms with Crippen molar-refractivity contribution in [2.24, 2.45) is 0 Å². The summed E-state index contributed by atoms with van der Waals surface area (Å²) in [6.45, 7) is 1.95. The molecule has 0 N–H and O–H groups in total. The molecule has 0 aromatic heterocycles. The molecular weight excluding hydrogens is 246 g/mol. The van der Waals surface area contributed by atoms with E-state index in [0.29, 0.717) is 0 Å². The van der Waals surface area contributed by atoms with Crippen LogP contribution in [0, 0.1) is 17.0 Å². The predicted molar refractivity (Wildman–Crippen MR) is 59.9 cm³/mol.